The lowest BCUT2D eigenvalue weighted by Gasteiger charge is -2.39. The van der Waals surface area contributed by atoms with Gasteiger partial charge in [0.15, 0.2) is 0 Å². The Morgan fingerprint density at radius 1 is 0.828 bits per heavy atom. The van der Waals surface area contributed by atoms with Gasteiger partial charge in [-0.3, -0.25) is 0 Å². The molecule has 2 aliphatic rings. The topological polar surface area (TPSA) is 48.1 Å². The van der Waals surface area contributed by atoms with Crippen molar-refractivity contribution in [2.24, 2.45) is 0 Å². The van der Waals surface area contributed by atoms with E-state index >= 15 is 0 Å². The fraction of sp³-hybridized carbons (Fsp3) is 0.435. The van der Waals surface area contributed by atoms with E-state index in [0.29, 0.717) is 0 Å². The zero-order chi connectivity index (χ0) is 20.1. The van der Waals surface area contributed by atoms with E-state index in [9.17, 15) is 4.79 Å². The predicted octanol–water partition coefficient (Wildman–Crippen LogP) is 3.12. The third-order valence-corrected chi connectivity index (χ3v) is 5.78. The number of amides is 2. The Bertz CT molecular complexity index is 800. The predicted molar refractivity (Wildman–Crippen MR) is 117 cm³/mol. The Morgan fingerprint density at radius 3 is 2.00 bits per heavy atom. The van der Waals surface area contributed by atoms with Crippen LogP contribution in [0.15, 0.2) is 54.6 Å². The van der Waals surface area contributed by atoms with Crippen LogP contribution < -0.4 is 15.1 Å². The zero-order valence-corrected chi connectivity index (χ0v) is 17.1. The summed E-state index contributed by atoms with van der Waals surface area (Å²) in [5, 5.41) is 3.13. The largest absolute Gasteiger partial charge is 0.378 e. The number of piperazine rings is 1. The molecule has 0 spiro atoms. The first-order valence-corrected chi connectivity index (χ1v) is 10.5. The minimum absolute atomic E-state index is 0.00350. The molecule has 0 saturated carbocycles. The average Bonchev–Trinajstić information content (AvgIpc) is 2.80. The molecule has 2 fully saturated rings. The highest BCUT2D eigenvalue weighted by atomic mass is 16.5. The van der Waals surface area contributed by atoms with Crippen molar-refractivity contribution in [2.45, 2.75) is 13.0 Å². The number of morpholine rings is 1. The molecule has 154 valence electrons. The van der Waals surface area contributed by atoms with Gasteiger partial charge in [0.1, 0.15) is 0 Å². The molecule has 0 bridgehead atoms. The zero-order valence-electron chi connectivity index (χ0n) is 17.1. The van der Waals surface area contributed by atoms with Crippen LogP contribution in [0, 0.1) is 0 Å². The maximum atomic E-state index is 12.7. The van der Waals surface area contributed by atoms with Crippen LogP contribution in [-0.2, 0) is 4.74 Å². The number of nitrogens with one attached hydrogen (secondary N) is 1. The van der Waals surface area contributed by atoms with Crippen molar-refractivity contribution in [1.82, 2.24) is 10.2 Å². The highest BCUT2D eigenvalue weighted by Crippen LogP contribution is 2.30. The van der Waals surface area contributed by atoms with Gasteiger partial charge >= 0.3 is 6.03 Å². The number of ether oxygens (including phenoxy) is 1. The van der Waals surface area contributed by atoms with E-state index in [1.54, 1.807) is 0 Å². The molecule has 2 saturated heterocycles. The van der Waals surface area contributed by atoms with Crippen LogP contribution in [0.4, 0.5) is 16.2 Å². The number of carbonyl (C=O) groups excluding carboxylic acids is 1. The van der Waals surface area contributed by atoms with Crippen molar-refractivity contribution < 1.29 is 9.53 Å². The van der Waals surface area contributed by atoms with Gasteiger partial charge < -0.3 is 24.8 Å². The maximum absolute atomic E-state index is 12.7. The summed E-state index contributed by atoms with van der Waals surface area (Å²) < 4.78 is 5.50. The van der Waals surface area contributed by atoms with Gasteiger partial charge in [-0.1, -0.05) is 42.5 Å². The van der Waals surface area contributed by atoms with Crippen molar-refractivity contribution >= 4 is 17.4 Å². The van der Waals surface area contributed by atoms with Crippen LogP contribution in [0.3, 0.4) is 0 Å². The fourth-order valence-corrected chi connectivity index (χ4v) is 4.06. The fourth-order valence-electron chi connectivity index (χ4n) is 4.06. The van der Waals surface area contributed by atoms with Crippen LogP contribution in [-0.4, -0.2) is 63.4 Å². The van der Waals surface area contributed by atoms with Gasteiger partial charge in [0.2, 0.25) is 0 Å². The lowest BCUT2D eigenvalue weighted by atomic mass is 10.1. The van der Waals surface area contributed by atoms with Gasteiger partial charge in [-0.15, -0.1) is 0 Å². The Kier molecular flexibility index (Phi) is 6.20. The molecule has 1 N–H and O–H groups in total. The molecular weight excluding hydrogens is 364 g/mol. The Hall–Kier alpha value is -2.73. The number of hydrogen-bond acceptors (Lipinski definition) is 4. The number of benzene rings is 2. The third kappa shape index (κ3) is 4.65. The van der Waals surface area contributed by atoms with Crippen LogP contribution >= 0.6 is 0 Å². The normalized spacial score (nSPS) is 18.4. The van der Waals surface area contributed by atoms with Crippen molar-refractivity contribution in [3.8, 4) is 0 Å². The molecule has 2 aromatic rings. The van der Waals surface area contributed by atoms with Gasteiger partial charge in [-0.05, 0) is 24.6 Å². The Labute approximate surface area is 173 Å². The number of anilines is 2. The number of rotatable bonds is 4. The molecule has 2 aromatic carbocycles. The van der Waals surface area contributed by atoms with E-state index in [2.05, 4.69) is 39.4 Å². The molecule has 2 amide bonds. The summed E-state index contributed by atoms with van der Waals surface area (Å²) in [6.45, 7) is 8.58. The first-order valence-electron chi connectivity index (χ1n) is 10.5. The minimum Gasteiger partial charge on any atom is -0.378 e. The van der Waals surface area contributed by atoms with E-state index in [-0.39, 0.29) is 12.1 Å². The summed E-state index contributed by atoms with van der Waals surface area (Å²) in [5.41, 5.74) is 3.65. The summed E-state index contributed by atoms with van der Waals surface area (Å²) >= 11 is 0. The average molecular weight is 395 g/mol. The summed E-state index contributed by atoms with van der Waals surface area (Å²) in [6, 6.07) is 18.7. The van der Waals surface area contributed by atoms with Crippen molar-refractivity contribution in [2.75, 3.05) is 62.3 Å². The summed E-state index contributed by atoms with van der Waals surface area (Å²) in [7, 11) is 0. The molecule has 0 radical (unpaired) electrons. The first kappa shape index (κ1) is 19.6. The van der Waals surface area contributed by atoms with Crippen LogP contribution in [0.1, 0.15) is 18.5 Å². The van der Waals surface area contributed by atoms with E-state index in [0.717, 1.165) is 58.0 Å². The maximum Gasteiger partial charge on any atom is 0.317 e. The first-order chi connectivity index (χ1) is 14.2. The van der Waals surface area contributed by atoms with Gasteiger partial charge in [-0.25, -0.2) is 4.79 Å². The smallest absolute Gasteiger partial charge is 0.317 e. The minimum atomic E-state index is 0.00350. The quantitative estimate of drug-likeness (QED) is 0.866. The second kappa shape index (κ2) is 9.18. The van der Waals surface area contributed by atoms with E-state index in [4.69, 9.17) is 4.74 Å². The Morgan fingerprint density at radius 2 is 1.38 bits per heavy atom. The van der Waals surface area contributed by atoms with Crippen LogP contribution in [0.2, 0.25) is 0 Å². The molecule has 29 heavy (non-hydrogen) atoms. The summed E-state index contributed by atoms with van der Waals surface area (Å²) in [4.78, 5) is 19.4. The molecule has 1 unspecified atom stereocenters. The number of para-hydroxylation sites is 2. The standard InChI is InChI=1S/C23H30N4O2/c1-19(20-7-3-2-4-8-20)24-23(28)27-13-11-25(12-14-27)21-9-5-6-10-22(21)26-15-17-29-18-16-26/h2-10,19H,11-18H2,1H3,(H,24,28). The molecule has 1 atom stereocenters. The molecule has 4 rings (SSSR count). The molecular formula is C23H30N4O2. The van der Waals surface area contributed by atoms with Crippen molar-refractivity contribution in [3.63, 3.8) is 0 Å². The highest BCUT2D eigenvalue weighted by molar-refractivity contribution is 5.76. The number of nitrogens with zero attached hydrogens (tertiary/aromatic N) is 3. The molecule has 0 aliphatic carbocycles. The molecule has 6 heteroatoms. The van der Waals surface area contributed by atoms with Crippen LogP contribution in [0.5, 0.6) is 0 Å². The number of hydrogen-bond donors (Lipinski definition) is 1. The Balaban J connectivity index is 1.35. The van der Waals surface area contributed by atoms with Crippen LogP contribution in [0.25, 0.3) is 0 Å². The molecule has 0 aromatic heterocycles. The van der Waals surface area contributed by atoms with E-state index in [1.807, 2.05) is 42.2 Å². The van der Waals surface area contributed by atoms with E-state index in [1.165, 1.54) is 11.4 Å². The highest BCUT2D eigenvalue weighted by Gasteiger charge is 2.25. The number of carbonyl (C=O) groups is 1. The van der Waals surface area contributed by atoms with Gasteiger partial charge in [-0.2, -0.15) is 0 Å². The van der Waals surface area contributed by atoms with Crippen molar-refractivity contribution in [3.05, 3.63) is 60.2 Å². The van der Waals surface area contributed by atoms with E-state index < -0.39 is 0 Å². The second-order valence-corrected chi connectivity index (χ2v) is 7.64. The molecule has 2 heterocycles. The SMILES string of the molecule is CC(NC(=O)N1CCN(c2ccccc2N2CCOCC2)CC1)c1ccccc1. The lowest BCUT2D eigenvalue weighted by Crippen LogP contribution is -2.52. The van der Waals surface area contributed by atoms with Gasteiger partial charge in [0.05, 0.1) is 30.6 Å². The van der Waals surface area contributed by atoms with Crippen molar-refractivity contribution in [1.29, 1.82) is 0 Å². The van der Waals surface area contributed by atoms with Gasteiger partial charge in [0.25, 0.3) is 0 Å². The number of urea groups is 1. The lowest BCUT2D eigenvalue weighted by molar-refractivity contribution is 0.122. The molecule has 2 aliphatic heterocycles. The van der Waals surface area contributed by atoms with Gasteiger partial charge in [0, 0.05) is 39.3 Å². The summed E-state index contributed by atoms with van der Waals surface area (Å²) in [5.74, 6) is 0. The molecule has 6 nitrogen and oxygen atoms in total. The third-order valence-electron chi connectivity index (χ3n) is 5.78. The second-order valence-electron chi connectivity index (χ2n) is 7.64. The monoisotopic (exact) mass is 394 g/mol. The summed E-state index contributed by atoms with van der Waals surface area (Å²) in [6.07, 6.45) is 0.